The van der Waals surface area contributed by atoms with Gasteiger partial charge in [0.2, 0.25) is 0 Å². The molecule has 2 heterocycles. The van der Waals surface area contributed by atoms with Crippen molar-refractivity contribution in [1.82, 2.24) is 4.90 Å². The van der Waals surface area contributed by atoms with Crippen molar-refractivity contribution in [2.24, 2.45) is 0 Å². The van der Waals surface area contributed by atoms with Crippen LogP contribution in [-0.4, -0.2) is 37.0 Å². The number of hydrogen-bond acceptors (Lipinski definition) is 2. The number of carbonyl (C=O) groups is 1. The zero-order chi connectivity index (χ0) is 19.9. The van der Waals surface area contributed by atoms with Crippen LogP contribution in [0, 0.1) is 0 Å². The number of aromatic nitrogens is 1. The first-order valence-corrected chi connectivity index (χ1v) is 9.65. The highest BCUT2D eigenvalue weighted by Gasteiger charge is 2.35. The number of amides is 1. The summed E-state index contributed by atoms with van der Waals surface area (Å²) in [4.78, 5) is 19.1. The number of halogens is 4. The number of fused-ring (bicyclic) bond motifs is 1. The largest absolute Gasteiger partial charge is 0.419 e. The second-order valence-corrected chi connectivity index (χ2v) is 7.61. The van der Waals surface area contributed by atoms with E-state index in [0.717, 1.165) is 31.5 Å². The molecule has 0 radical (unpaired) electrons. The third-order valence-electron chi connectivity index (χ3n) is 5.43. The third-order valence-corrected chi connectivity index (χ3v) is 5.72. The minimum atomic E-state index is -4.44. The van der Waals surface area contributed by atoms with Gasteiger partial charge in [-0.15, -0.1) is 0 Å². The van der Waals surface area contributed by atoms with Crippen LogP contribution < -0.4 is 9.88 Å². The molecule has 1 aromatic heterocycles. The van der Waals surface area contributed by atoms with Crippen LogP contribution in [0.2, 0.25) is 5.02 Å². The number of piperazine rings is 1. The maximum absolute atomic E-state index is 12.8. The van der Waals surface area contributed by atoms with Crippen LogP contribution in [0.15, 0.2) is 30.5 Å². The second kappa shape index (κ2) is 7.28. The van der Waals surface area contributed by atoms with E-state index in [9.17, 15) is 18.0 Å². The minimum absolute atomic E-state index is 0.00292. The highest BCUT2D eigenvalue weighted by atomic mass is 35.5. The summed E-state index contributed by atoms with van der Waals surface area (Å²) in [5.41, 5.74) is 2.48. The first-order valence-electron chi connectivity index (χ1n) is 9.27. The molecule has 148 valence electrons. The quantitative estimate of drug-likeness (QED) is 0.758. The number of carbonyl (C=O) groups excluding carboxylic acids is 1. The van der Waals surface area contributed by atoms with Crippen LogP contribution in [-0.2, 0) is 19.0 Å². The molecule has 0 atom stereocenters. The topological polar surface area (TPSA) is 37.7 Å². The fourth-order valence-electron chi connectivity index (χ4n) is 3.89. The highest BCUT2D eigenvalue weighted by molar-refractivity contribution is 6.32. The van der Waals surface area contributed by atoms with Gasteiger partial charge in [0.1, 0.15) is 24.3 Å². The van der Waals surface area contributed by atoms with Crippen LogP contribution in [0.25, 0.3) is 0 Å². The molecule has 2 aromatic rings. The Balaban J connectivity index is 1.43. The lowest BCUT2D eigenvalue weighted by Crippen LogP contribution is -2.50. The van der Waals surface area contributed by atoms with Crippen molar-refractivity contribution in [3.05, 3.63) is 57.7 Å². The van der Waals surface area contributed by atoms with Gasteiger partial charge in [-0.1, -0.05) is 17.7 Å². The Morgan fingerprint density at radius 1 is 1.04 bits per heavy atom. The number of benzene rings is 1. The summed E-state index contributed by atoms with van der Waals surface area (Å²) in [6, 6.07) is 6.86. The molecule has 2 aliphatic rings. The Kier molecular flexibility index (Phi) is 4.95. The normalized spacial score (nSPS) is 17.0. The van der Waals surface area contributed by atoms with Gasteiger partial charge in [-0.05, 0) is 48.6 Å². The van der Waals surface area contributed by atoms with Gasteiger partial charge >= 0.3 is 6.18 Å². The van der Waals surface area contributed by atoms with Gasteiger partial charge in [0.15, 0.2) is 0 Å². The standard InChI is InChI=1S/C20H19ClF3N3O/c21-17-11-16(20(22,23)24)12-25-18(17)26-6-8-27(9-7-26)19(28)15-5-4-13-2-1-3-14(13)10-15/h4-5,10-12H,1-3,6-9H2/p+1. The van der Waals surface area contributed by atoms with Gasteiger partial charge in [0, 0.05) is 5.56 Å². The smallest absolute Gasteiger partial charge is 0.331 e. The number of hydrogen-bond donors (Lipinski definition) is 0. The number of H-pyrrole nitrogens is 1. The summed E-state index contributed by atoms with van der Waals surface area (Å²) < 4.78 is 38.4. The van der Waals surface area contributed by atoms with E-state index in [4.69, 9.17) is 11.6 Å². The molecule has 1 aromatic carbocycles. The molecule has 1 fully saturated rings. The molecule has 1 saturated heterocycles. The Morgan fingerprint density at radius 3 is 2.43 bits per heavy atom. The molecule has 1 amide bonds. The molecule has 4 nitrogen and oxygen atoms in total. The fourth-order valence-corrected chi connectivity index (χ4v) is 4.18. The van der Waals surface area contributed by atoms with Crippen molar-refractivity contribution >= 4 is 23.3 Å². The molecule has 0 saturated carbocycles. The zero-order valence-corrected chi connectivity index (χ0v) is 15.9. The average molecular weight is 411 g/mol. The van der Waals surface area contributed by atoms with E-state index in [1.165, 1.54) is 11.1 Å². The molecule has 28 heavy (non-hydrogen) atoms. The SMILES string of the molecule is O=C(c1ccc2c(c1)CCC2)N1CCN(c2[nH+]cc(C(F)(F)F)cc2Cl)CC1. The van der Waals surface area contributed by atoms with Crippen molar-refractivity contribution in [1.29, 1.82) is 0 Å². The van der Waals surface area contributed by atoms with Gasteiger partial charge in [0.25, 0.3) is 11.7 Å². The summed E-state index contributed by atoms with van der Waals surface area (Å²) in [6.45, 7) is 1.97. The van der Waals surface area contributed by atoms with E-state index in [1.807, 2.05) is 23.1 Å². The lowest BCUT2D eigenvalue weighted by Gasteiger charge is -2.31. The van der Waals surface area contributed by atoms with Crippen molar-refractivity contribution in [2.45, 2.75) is 25.4 Å². The van der Waals surface area contributed by atoms with Gasteiger partial charge in [-0.3, -0.25) is 9.69 Å². The number of nitrogens with zero attached hydrogens (tertiary/aromatic N) is 2. The summed E-state index contributed by atoms with van der Waals surface area (Å²) in [7, 11) is 0. The summed E-state index contributed by atoms with van der Waals surface area (Å²) in [6.07, 6.45) is -0.293. The molecule has 1 aliphatic heterocycles. The van der Waals surface area contributed by atoms with E-state index in [0.29, 0.717) is 37.6 Å². The minimum Gasteiger partial charge on any atom is -0.331 e. The molecule has 0 unspecified atom stereocenters. The monoisotopic (exact) mass is 410 g/mol. The highest BCUT2D eigenvalue weighted by Crippen LogP contribution is 2.32. The number of nitrogens with one attached hydrogen (secondary N) is 1. The van der Waals surface area contributed by atoms with Crippen LogP contribution in [0.5, 0.6) is 0 Å². The molecular weight excluding hydrogens is 391 g/mol. The van der Waals surface area contributed by atoms with Crippen molar-refractivity contribution in [2.75, 3.05) is 31.1 Å². The van der Waals surface area contributed by atoms with E-state index >= 15 is 0 Å². The van der Waals surface area contributed by atoms with E-state index in [-0.39, 0.29) is 10.9 Å². The summed E-state index contributed by atoms with van der Waals surface area (Å²) >= 11 is 6.06. The predicted molar refractivity (Wildman–Crippen MR) is 99.6 cm³/mol. The second-order valence-electron chi connectivity index (χ2n) is 7.20. The van der Waals surface area contributed by atoms with E-state index < -0.39 is 11.7 Å². The number of anilines is 1. The van der Waals surface area contributed by atoms with Crippen molar-refractivity contribution < 1.29 is 22.9 Å². The first-order chi connectivity index (χ1) is 13.3. The molecular formula is C20H20ClF3N3O+. The van der Waals surface area contributed by atoms with Crippen LogP contribution in [0.3, 0.4) is 0 Å². The van der Waals surface area contributed by atoms with Crippen LogP contribution >= 0.6 is 11.6 Å². The summed E-state index contributed by atoms with van der Waals surface area (Å²) in [5.74, 6) is 0.441. The maximum Gasteiger partial charge on any atom is 0.419 e. The van der Waals surface area contributed by atoms with E-state index in [2.05, 4.69) is 4.98 Å². The predicted octanol–water partition coefficient (Wildman–Crippen LogP) is 3.62. The Hall–Kier alpha value is -2.28. The Labute approximate surface area is 165 Å². The number of pyridine rings is 1. The molecule has 8 heteroatoms. The first kappa shape index (κ1) is 19.1. The number of aryl methyl sites for hydroxylation is 2. The van der Waals surface area contributed by atoms with Crippen molar-refractivity contribution in [3.63, 3.8) is 0 Å². The van der Waals surface area contributed by atoms with Crippen LogP contribution in [0.1, 0.15) is 33.5 Å². The Morgan fingerprint density at radius 2 is 1.75 bits per heavy atom. The molecule has 1 N–H and O–H groups in total. The van der Waals surface area contributed by atoms with Gasteiger partial charge in [-0.25, -0.2) is 4.98 Å². The Bertz CT molecular complexity index is 908. The zero-order valence-electron chi connectivity index (χ0n) is 15.2. The fraction of sp³-hybridized carbons (Fsp3) is 0.400. The molecule has 0 bridgehead atoms. The molecule has 0 spiro atoms. The number of alkyl halides is 3. The van der Waals surface area contributed by atoms with Gasteiger partial charge in [0.05, 0.1) is 18.7 Å². The van der Waals surface area contributed by atoms with Gasteiger partial charge in [-0.2, -0.15) is 13.2 Å². The maximum atomic E-state index is 12.8. The third kappa shape index (κ3) is 3.68. The number of rotatable bonds is 2. The number of aromatic amines is 1. The molecule has 4 rings (SSSR count). The van der Waals surface area contributed by atoms with Crippen molar-refractivity contribution in [3.8, 4) is 0 Å². The summed E-state index contributed by atoms with van der Waals surface area (Å²) in [5, 5.41) is 0.0215. The average Bonchev–Trinajstić information content (AvgIpc) is 3.14. The van der Waals surface area contributed by atoms with Gasteiger partial charge < -0.3 is 4.90 Å². The lowest BCUT2D eigenvalue weighted by molar-refractivity contribution is -0.367. The van der Waals surface area contributed by atoms with Crippen LogP contribution in [0.4, 0.5) is 19.0 Å². The van der Waals surface area contributed by atoms with E-state index in [1.54, 1.807) is 4.90 Å². The lowest BCUT2D eigenvalue weighted by atomic mass is 10.1. The molecule has 1 aliphatic carbocycles.